The van der Waals surface area contributed by atoms with Crippen molar-refractivity contribution in [1.82, 2.24) is 31.9 Å². The van der Waals surface area contributed by atoms with Crippen molar-refractivity contribution in [2.45, 2.75) is 177 Å². The lowest BCUT2D eigenvalue weighted by Crippen LogP contribution is -2.60. The van der Waals surface area contributed by atoms with Crippen LogP contribution in [0.5, 0.6) is 46.0 Å². The second-order valence-corrected chi connectivity index (χ2v) is 32.0. The molecule has 1 saturated heterocycles. The first-order valence-electron chi connectivity index (χ1n) is 37.7. The van der Waals surface area contributed by atoms with E-state index in [0.29, 0.717) is 23.8 Å². The van der Waals surface area contributed by atoms with Gasteiger partial charge in [0.2, 0.25) is 41.6 Å². The zero-order valence-corrected chi connectivity index (χ0v) is 63.1. The summed E-state index contributed by atoms with van der Waals surface area (Å²) >= 11 is 14.3. The van der Waals surface area contributed by atoms with Crippen molar-refractivity contribution in [3.8, 4) is 57.1 Å². The fourth-order valence-corrected chi connectivity index (χ4v) is 17.9. The lowest BCUT2D eigenvalue weighted by molar-refractivity contribution is -0.277. The second kappa shape index (κ2) is 33.5. The van der Waals surface area contributed by atoms with Crippen LogP contribution < -0.4 is 46.1 Å². The summed E-state index contributed by atoms with van der Waals surface area (Å²) in [7, 11) is 0. The van der Waals surface area contributed by atoms with Gasteiger partial charge < -0.3 is 91.5 Å². The molecular formula is C82H90Cl2N6O22. The lowest BCUT2D eigenvalue weighted by Gasteiger charge is -2.54. The SMILES string of the molecule is CC[C@H](CC(C)C)C(=O)N[C@H]1C(=O)C[C@@H](CC(=O)NC(=O)N[C@@H](C)c2ccccc2)C(=O)N[C@H]2C(=O)C[C@@H]3C(=O)N[C@H](C(=O)N[C@H](C(=O)CC4C5CC6CC(C5)CC4C6)c4cc(O)cc(O)c4-c4cc3ccc4O)[C@H](O)c3ccc(c(Cl)c3)Oc3cc2cc(c3O[C@@H]2O[C@H](CO)[C@@H](O)[C@H](O)[C@H]2O)Oc2ccc(cc2Cl)[C@H]1O. The van der Waals surface area contributed by atoms with Crippen molar-refractivity contribution in [1.29, 1.82) is 0 Å². The number of ether oxygens (including phenoxy) is 4. The Morgan fingerprint density at radius 2 is 1.27 bits per heavy atom. The highest BCUT2D eigenvalue weighted by molar-refractivity contribution is 6.32. The maximum atomic E-state index is 16.5. The smallest absolute Gasteiger partial charge is 0.321 e. The number of aliphatic hydroxyl groups is 6. The number of aromatic hydroxyl groups is 3. The van der Waals surface area contributed by atoms with E-state index in [0.717, 1.165) is 68.5 Å². The van der Waals surface area contributed by atoms with E-state index >= 15 is 28.8 Å². The molecule has 0 unspecified atom stereocenters. The Morgan fingerprint density at radius 3 is 1.88 bits per heavy atom. The van der Waals surface area contributed by atoms with Gasteiger partial charge in [-0.2, -0.15) is 0 Å². The summed E-state index contributed by atoms with van der Waals surface area (Å²) in [6, 6.07) is 14.1. The van der Waals surface area contributed by atoms with Gasteiger partial charge in [0.1, 0.15) is 89.5 Å². The Morgan fingerprint density at radius 1 is 0.634 bits per heavy atom. The summed E-state index contributed by atoms with van der Waals surface area (Å²) in [6.07, 6.45) is -11.7. The van der Waals surface area contributed by atoms with Crippen LogP contribution in [0, 0.1) is 47.3 Å². The monoisotopic (exact) mass is 1580 g/mol. The number of Topliss-reactive ketones (excluding diaryl/α,β-unsaturated/α-hetero) is 3. The number of rotatable bonds is 15. The predicted molar refractivity (Wildman–Crippen MR) is 401 cm³/mol. The predicted octanol–water partition coefficient (Wildman–Crippen LogP) is 8.33. The Hall–Kier alpha value is -9.75. The number of carbonyl (C=O) groups is 9. The summed E-state index contributed by atoms with van der Waals surface area (Å²) in [5, 5.41) is 120. The molecule has 30 heteroatoms. The number of hydrogen-bond donors (Lipinski definition) is 15. The third-order valence-electron chi connectivity index (χ3n) is 23.1. The molecule has 0 radical (unpaired) electrons. The highest BCUT2D eigenvalue weighted by Crippen LogP contribution is 2.58. The molecule has 4 aliphatic carbocycles. The fraction of sp³-hybridized carbons (Fsp3) is 0.451. The van der Waals surface area contributed by atoms with Gasteiger partial charge in [0.25, 0.3) is 0 Å². The van der Waals surface area contributed by atoms with Gasteiger partial charge in [-0.15, -0.1) is 0 Å². The van der Waals surface area contributed by atoms with Crippen LogP contribution in [0.15, 0.2) is 109 Å². The van der Waals surface area contributed by atoms with Crippen molar-refractivity contribution < 1.29 is 108 Å². The number of phenols is 3. The topological polar surface area (TPSA) is 445 Å². The third kappa shape index (κ3) is 17.0. The van der Waals surface area contributed by atoms with E-state index in [1.54, 1.807) is 44.2 Å². The minimum Gasteiger partial charge on any atom is -0.508 e. The third-order valence-corrected chi connectivity index (χ3v) is 23.6. The van der Waals surface area contributed by atoms with Crippen LogP contribution in [-0.4, -0.2) is 148 Å². The molecule has 15 bridgehead atoms. The van der Waals surface area contributed by atoms with Crippen molar-refractivity contribution >= 4 is 76.1 Å². The summed E-state index contributed by atoms with van der Waals surface area (Å²) in [5.74, 6) is -15.9. The molecule has 6 heterocycles. The zero-order chi connectivity index (χ0) is 80.0. The van der Waals surface area contributed by atoms with Crippen molar-refractivity contribution in [2.24, 2.45) is 47.3 Å². The van der Waals surface area contributed by atoms with Gasteiger partial charge in [-0.25, -0.2) is 4.79 Å². The highest BCUT2D eigenvalue weighted by Gasteiger charge is 2.51. The number of phenolic OH excluding ortho intramolecular Hbond substituents is 3. The molecule has 6 aromatic carbocycles. The number of fused-ring (bicyclic) bond motifs is 15. The number of nitrogens with one attached hydrogen (secondary N) is 6. The summed E-state index contributed by atoms with van der Waals surface area (Å²) in [6.45, 7) is 6.21. The standard InChI is InChI=1S/C82H90Cl2N6O22/c1-5-39(17-35(2)3)77(104)89-69-57(95)26-47(29-65(98)86-82(108)85-36(4)40-9-7-6-8-10-40)78(105)87-67-46-27-62(109-60-15-12-42(71(69)99)24-53(60)83)76(112-81-75(103)74(102)73(101)64(34-91)111-81)63(28-46)110-61-16-13-43(25-54(61)84)72(100)70-80(107)88-68(59(97)32-49-44-19-37-18-38(21-44)22-45(49)20-37)52-30-48(92)31-56(94)66(52)51-23-41(11-14-55(51)93)50(33-58(67)96)79(106)90-70/h6-16,23-25,27-28,30-31,35-39,44-45,47,49-50,64,67-75,81,91-94,99-103H,5,17-22,26,29,32-34H2,1-4H3,(H,87,105)(H,88,107)(H,89,104)(H,90,106)(H2,85,86,98,108)/t36-,37?,38?,39+,44?,45?,47-,49?,50-,64+,67+,68-,69-,70-,71+,72+,73+,74-,75+,81-/m0/s1. The quantitative estimate of drug-likeness (QED) is 0.0459. The van der Waals surface area contributed by atoms with E-state index in [1.807, 2.05) is 13.8 Å². The van der Waals surface area contributed by atoms with E-state index in [-0.39, 0.29) is 97.0 Å². The summed E-state index contributed by atoms with van der Waals surface area (Å²) < 4.78 is 25.5. The first-order chi connectivity index (χ1) is 53.4. The van der Waals surface area contributed by atoms with Crippen molar-refractivity contribution in [2.75, 3.05) is 6.61 Å². The van der Waals surface area contributed by atoms with Gasteiger partial charge in [0, 0.05) is 48.8 Å². The van der Waals surface area contributed by atoms with E-state index < -0.39 is 204 Å². The van der Waals surface area contributed by atoms with Crippen LogP contribution in [0.4, 0.5) is 4.79 Å². The molecule has 4 saturated carbocycles. The van der Waals surface area contributed by atoms with Crippen molar-refractivity contribution in [3.05, 3.63) is 153 Å². The molecule has 6 aliphatic heterocycles. The Balaban J connectivity index is 0.998. The number of urea groups is 1. The molecule has 15 N–H and O–H groups in total. The highest BCUT2D eigenvalue weighted by atomic mass is 35.5. The lowest BCUT2D eigenvalue weighted by atomic mass is 9.51. The molecule has 6 aromatic rings. The van der Waals surface area contributed by atoms with E-state index in [9.17, 15) is 60.3 Å². The van der Waals surface area contributed by atoms with Crippen LogP contribution in [0.25, 0.3) is 11.1 Å². The van der Waals surface area contributed by atoms with Crippen LogP contribution >= 0.6 is 23.2 Å². The molecule has 16 rings (SSSR count). The van der Waals surface area contributed by atoms with Gasteiger partial charge in [-0.05, 0) is 175 Å². The van der Waals surface area contributed by atoms with Gasteiger partial charge >= 0.3 is 6.03 Å². The normalized spacial score (nSPS) is 28.8. The number of benzene rings is 6. The number of hydrogen-bond acceptors (Lipinski definition) is 22. The molecule has 15 atom stereocenters. The number of aliphatic hydroxyl groups excluding tert-OH is 6. The number of carbonyl (C=O) groups excluding carboxylic acids is 9. The average molecular weight is 1580 g/mol. The van der Waals surface area contributed by atoms with E-state index in [2.05, 4.69) is 31.9 Å². The fourth-order valence-electron chi connectivity index (χ4n) is 17.5. The largest absolute Gasteiger partial charge is 0.508 e. The molecule has 594 valence electrons. The van der Waals surface area contributed by atoms with E-state index in [4.69, 9.17) is 42.1 Å². The summed E-state index contributed by atoms with van der Waals surface area (Å²) in [5.41, 5.74) is -0.931. The van der Waals surface area contributed by atoms with Crippen LogP contribution in [0.1, 0.15) is 168 Å². The van der Waals surface area contributed by atoms with E-state index in [1.165, 1.54) is 42.5 Å². The molecule has 0 spiro atoms. The Kier molecular flexibility index (Phi) is 24.0. The number of imide groups is 1. The number of amides is 7. The maximum Gasteiger partial charge on any atom is 0.321 e. The number of halogens is 2. The zero-order valence-electron chi connectivity index (χ0n) is 61.6. The van der Waals surface area contributed by atoms with Gasteiger partial charge in [-0.1, -0.05) is 92.5 Å². The molecular weight excluding hydrogens is 1490 g/mol. The summed E-state index contributed by atoms with van der Waals surface area (Å²) in [4.78, 5) is 138. The molecule has 112 heavy (non-hydrogen) atoms. The average Bonchev–Trinajstić information content (AvgIpc) is 0.764. The van der Waals surface area contributed by atoms with Crippen molar-refractivity contribution in [3.63, 3.8) is 0 Å². The van der Waals surface area contributed by atoms with Gasteiger partial charge in [0.15, 0.2) is 28.8 Å². The molecule has 10 aliphatic rings. The molecule has 28 nitrogen and oxygen atoms in total. The minimum atomic E-state index is -2.21. The Labute approximate surface area is 653 Å². The van der Waals surface area contributed by atoms with Gasteiger partial charge in [-0.3, -0.25) is 43.7 Å². The molecule has 5 fully saturated rings. The first-order valence-corrected chi connectivity index (χ1v) is 38.5. The van der Waals surface area contributed by atoms with Crippen LogP contribution in [0.3, 0.4) is 0 Å². The molecule has 7 amide bonds. The Bertz CT molecular complexity index is 4630. The maximum absolute atomic E-state index is 16.5. The minimum absolute atomic E-state index is 0.0329. The molecule has 0 aromatic heterocycles. The van der Waals surface area contributed by atoms with Crippen LogP contribution in [-0.2, 0) is 43.1 Å². The second-order valence-electron chi connectivity index (χ2n) is 31.1. The first kappa shape index (κ1) is 80.3. The van der Waals surface area contributed by atoms with Crippen LogP contribution in [0.2, 0.25) is 10.0 Å². The van der Waals surface area contributed by atoms with Gasteiger partial charge in [0.05, 0.1) is 34.5 Å². The number of ketones is 3.